The summed E-state index contributed by atoms with van der Waals surface area (Å²) in [6, 6.07) is 4.79. The normalized spacial score (nSPS) is 20.7. The molecule has 5 rings (SSSR count). The largest absolute Gasteiger partial charge is 0.418 e. The van der Waals surface area contributed by atoms with Crippen molar-refractivity contribution in [3.05, 3.63) is 41.4 Å². The molecule has 11 heteroatoms. The third-order valence-electron chi connectivity index (χ3n) is 5.83. The molecule has 1 aromatic carbocycles. The van der Waals surface area contributed by atoms with Gasteiger partial charge in [0.25, 0.3) is 5.89 Å². The summed E-state index contributed by atoms with van der Waals surface area (Å²) in [7, 11) is 0. The van der Waals surface area contributed by atoms with Gasteiger partial charge in [-0.1, -0.05) is 0 Å². The predicted octanol–water partition coefficient (Wildman–Crippen LogP) is 3.42. The maximum atomic E-state index is 12.9. The van der Waals surface area contributed by atoms with E-state index in [1.54, 1.807) is 6.92 Å². The van der Waals surface area contributed by atoms with Gasteiger partial charge in [0.1, 0.15) is 5.41 Å². The minimum Gasteiger partial charge on any atom is -0.418 e. The first kappa shape index (κ1) is 19.6. The third kappa shape index (κ3) is 3.24. The van der Waals surface area contributed by atoms with E-state index in [4.69, 9.17) is 4.42 Å². The van der Waals surface area contributed by atoms with Crippen molar-refractivity contribution in [1.82, 2.24) is 25.3 Å². The second-order valence-electron chi connectivity index (χ2n) is 7.95. The molecule has 4 heterocycles. The Balaban J connectivity index is 1.50. The van der Waals surface area contributed by atoms with Crippen LogP contribution in [0.5, 0.6) is 0 Å². The van der Waals surface area contributed by atoms with Gasteiger partial charge in [0.15, 0.2) is 5.69 Å². The van der Waals surface area contributed by atoms with Gasteiger partial charge in [0.2, 0.25) is 11.8 Å². The van der Waals surface area contributed by atoms with E-state index >= 15 is 0 Å². The molecular weight excluding hydrogens is 413 g/mol. The number of halogens is 3. The topological polar surface area (TPSA) is 97.9 Å². The minimum absolute atomic E-state index is 0.159. The average molecular weight is 432 g/mol. The lowest BCUT2D eigenvalue weighted by atomic mass is 9.89. The zero-order chi connectivity index (χ0) is 21.8. The van der Waals surface area contributed by atoms with Gasteiger partial charge >= 0.3 is 6.18 Å². The van der Waals surface area contributed by atoms with Crippen molar-refractivity contribution in [1.29, 1.82) is 0 Å². The summed E-state index contributed by atoms with van der Waals surface area (Å²) in [4.78, 5) is 12.2. The first-order valence-electron chi connectivity index (χ1n) is 9.92. The molecule has 0 aliphatic carbocycles. The van der Waals surface area contributed by atoms with Crippen molar-refractivity contribution in [2.45, 2.75) is 44.3 Å². The molecule has 1 atom stereocenters. The molecule has 2 aliphatic heterocycles. The van der Waals surface area contributed by atoms with E-state index < -0.39 is 17.2 Å². The van der Waals surface area contributed by atoms with E-state index in [0.717, 1.165) is 37.2 Å². The summed E-state index contributed by atoms with van der Waals surface area (Å²) in [5.74, 6) is 0.205. The summed E-state index contributed by atoms with van der Waals surface area (Å²) in [5.41, 5.74) is 0.819. The van der Waals surface area contributed by atoms with Crippen LogP contribution in [0.15, 0.2) is 28.7 Å². The number of benzene rings is 1. The van der Waals surface area contributed by atoms with Crippen LogP contribution in [-0.2, 0) is 29.4 Å². The Morgan fingerprint density at radius 2 is 2.00 bits per heavy atom. The first-order valence-corrected chi connectivity index (χ1v) is 9.92. The van der Waals surface area contributed by atoms with Crippen LogP contribution in [-0.4, -0.2) is 32.4 Å². The maximum absolute atomic E-state index is 12.9. The summed E-state index contributed by atoms with van der Waals surface area (Å²) in [6.07, 6.45) is -2.18. The SMILES string of the molecule is CC1(c2nnc(-c3nn4c(c3Nc3ccc(C(F)(F)F)cc3)CCC4)o2)CCNC1=O. The molecular formula is C20H19F3N6O2. The van der Waals surface area contributed by atoms with Crippen molar-refractivity contribution >= 4 is 17.3 Å². The molecule has 8 nitrogen and oxygen atoms in total. The molecule has 2 aliphatic rings. The number of fused-ring (bicyclic) bond motifs is 1. The van der Waals surface area contributed by atoms with Crippen LogP contribution in [0.1, 0.15) is 36.9 Å². The smallest absolute Gasteiger partial charge is 0.416 e. The number of carbonyl (C=O) groups excluding carboxylic acids is 1. The Labute approximate surface area is 174 Å². The number of hydrogen-bond donors (Lipinski definition) is 2. The van der Waals surface area contributed by atoms with Crippen LogP contribution < -0.4 is 10.6 Å². The third-order valence-corrected chi connectivity index (χ3v) is 5.83. The lowest BCUT2D eigenvalue weighted by molar-refractivity contribution is -0.137. The Hall–Kier alpha value is -3.37. The van der Waals surface area contributed by atoms with Crippen molar-refractivity contribution < 1.29 is 22.4 Å². The van der Waals surface area contributed by atoms with Gasteiger partial charge in [0.05, 0.1) is 16.9 Å². The molecule has 2 N–H and O–H groups in total. The molecule has 2 aromatic heterocycles. The number of hydrogen-bond acceptors (Lipinski definition) is 6. The van der Waals surface area contributed by atoms with E-state index in [0.29, 0.717) is 30.0 Å². The Kier molecular flexibility index (Phi) is 4.31. The minimum atomic E-state index is -4.40. The van der Waals surface area contributed by atoms with Gasteiger partial charge < -0.3 is 15.1 Å². The predicted molar refractivity (Wildman–Crippen MR) is 104 cm³/mol. The number of nitrogens with one attached hydrogen (secondary N) is 2. The molecule has 0 saturated carbocycles. The van der Waals surface area contributed by atoms with Crippen LogP contribution >= 0.6 is 0 Å². The average Bonchev–Trinajstić information content (AvgIpc) is 3.48. The summed E-state index contributed by atoms with van der Waals surface area (Å²) in [5, 5.41) is 18.7. The van der Waals surface area contributed by atoms with E-state index in [9.17, 15) is 18.0 Å². The Bertz CT molecular complexity index is 1150. The Morgan fingerprint density at radius 3 is 2.68 bits per heavy atom. The summed E-state index contributed by atoms with van der Waals surface area (Å²) >= 11 is 0. The fourth-order valence-corrected chi connectivity index (χ4v) is 3.98. The van der Waals surface area contributed by atoms with Gasteiger partial charge in [-0.3, -0.25) is 9.48 Å². The number of anilines is 2. The standard InChI is InChI=1S/C20H19F3N6O2/c1-19(8-9-24-17(19)30)18-27-26-16(31-18)15-14(13-3-2-10-29(13)28-15)25-12-6-4-11(5-7-12)20(21,22)23/h4-7,25H,2-3,8-10H2,1H3,(H,24,30). The van der Waals surface area contributed by atoms with E-state index in [1.165, 1.54) is 12.1 Å². The van der Waals surface area contributed by atoms with Crippen molar-refractivity contribution in [3.8, 4) is 11.6 Å². The van der Waals surface area contributed by atoms with Crippen molar-refractivity contribution in [2.75, 3.05) is 11.9 Å². The summed E-state index contributed by atoms with van der Waals surface area (Å²) < 4.78 is 46.3. The van der Waals surface area contributed by atoms with Crippen molar-refractivity contribution in [3.63, 3.8) is 0 Å². The number of aromatic nitrogens is 4. The number of carbonyl (C=O) groups is 1. The van der Waals surface area contributed by atoms with Crippen LogP contribution in [0.25, 0.3) is 11.6 Å². The van der Waals surface area contributed by atoms with Crippen molar-refractivity contribution in [2.24, 2.45) is 0 Å². The fourth-order valence-electron chi connectivity index (χ4n) is 3.98. The second kappa shape index (κ2) is 6.82. The number of nitrogens with zero attached hydrogens (tertiary/aromatic N) is 4. The zero-order valence-electron chi connectivity index (χ0n) is 16.6. The monoisotopic (exact) mass is 432 g/mol. The molecule has 0 bridgehead atoms. The molecule has 3 aromatic rings. The number of rotatable bonds is 4. The molecule has 162 valence electrons. The van der Waals surface area contributed by atoms with Gasteiger partial charge in [-0.15, -0.1) is 10.2 Å². The van der Waals surface area contributed by atoms with Crippen LogP contribution in [0.3, 0.4) is 0 Å². The van der Waals surface area contributed by atoms with Gasteiger partial charge in [-0.25, -0.2) is 0 Å². The Morgan fingerprint density at radius 1 is 1.23 bits per heavy atom. The maximum Gasteiger partial charge on any atom is 0.416 e. The lowest BCUT2D eigenvalue weighted by Gasteiger charge is -2.14. The highest BCUT2D eigenvalue weighted by molar-refractivity contribution is 5.88. The van der Waals surface area contributed by atoms with Gasteiger partial charge in [0, 0.05) is 18.8 Å². The summed E-state index contributed by atoms with van der Waals surface area (Å²) in [6.45, 7) is 3.01. The molecule has 1 amide bonds. The highest BCUT2D eigenvalue weighted by Gasteiger charge is 2.44. The van der Waals surface area contributed by atoms with Crippen LogP contribution in [0.2, 0.25) is 0 Å². The van der Waals surface area contributed by atoms with E-state index in [2.05, 4.69) is 25.9 Å². The number of alkyl halides is 3. The molecule has 1 fully saturated rings. The quantitative estimate of drug-likeness (QED) is 0.656. The highest BCUT2D eigenvalue weighted by atomic mass is 19.4. The van der Waals surface area contributed by atoms with Crippen LogP contribution in [0.4, 0.5) is 24.5 Å². The molecule has 0 radical (unpaired) electrons. The lowest BCUT2D eigenvalue weighted by Crippen LogP contribution is -2.32. The van der Waals surface area contributed by atoms with Gasteiger partial charge in [-0.05, 0) is 50.5 Å². The molecule has 31 heavy (non-hydrogen) atoms. The second-order valence-corrected chi connectivity index (χ2v) is 7.95. The number of amides is 1. The molecule has 0 spiro atoms. The number of aryl methyl sites for hydroxylation is 1. The fraction of sp³-hybridized carbons (Fsp3) is 0.400. The van der Waals surface area contributed by atoms with E-state index in [1.807, 2.05) is 4.68 Å². The zero-order valence-corrected chi connectivity index (χ0v) is 16.6. The highest BCUT2D eigenvalue weighted by Crippen LogP contribution is 2.38. The van der Waals surface area contributed by atoms with Gasteiger partial charge in [-0.2, -0.15) is 18.3 Å². The molecule has 1 saturated heterocycles. The molecule has 1 unspecified atom stereocenters. The van der Waals surface area contributed by atoms with Crippen LogP contribution in [0, 0.1) is 0 Å². The van der Waals surface area contributed by atoms with E-state index in [-0.39, 0.29) is 17.7 Å². The first-order chi connectivity index (χ1) is 14.8.